The smallest absolute Gasteiger partial charge is 0.270 e. The zero-order valence-electron chi connectivity index (χ0n) is 12.8. The molecule has 2 aromatic rings. The Kier molecular flexibility index (Phi) is 6.15. The van der Waals surface area contributed by atoms with Crippen LogP contribution in [0, 0.1) is 10.1 Å². The summed E-state index contributed by atoms with van der Waals surface area (Å²) in [7, 11) is 0. The molecule has 23 heavy (non-hydrogen) atoms. The van der Waals surface area contributed by atoms with E-state index in [0.29, 0.717) is 17.9 Å². The van der Waals surface area contributed by atoms with Crippen LogP contribution in [-0.4, -0.2) is 22.7 Å². The maximum atomic E-state index is 10.7. The number of benzene rings is 1. The second kappa shape index (κ2) is 8.10. The number of nitro benzene ring substituents is 1. The monoisotopic (exact) mass is 338 g/mol. The highest BCUT2D eigenvalue weighted by molar-refractivity contribution is 6.33. The van der Waals surface area contributed by atoms with Gasteiger partial charge in [0.05, 0.1) is 16.5 Å². The number of nitrogens with one attached hydrogen (secondary N) is 1. The number of nitro groups is 1. The summed E-state index contributed by atoms with van der Waals surface area (Å²) in [5.41, 5.74) is 0.571. The number of rotatable bonds is 8. The van der Waals surface area contributed by atoms with Crippen LogP contribution in [0.5, 0.6) is 0 Å². The first kappa shape index (κ1) is 17.5. The van der Waals surface area contributed by atoms with Crippen LogP contribution in [-0.2, 0) is 6.54 Å². The highest BCUT2D eigenvalue weighted by Gasteiger charge is 2.13. The van der Waals surface area contributed by atoms with Crippen molar-refractivity contribution in [1.29, 1.82) is 0 Å². The summed E-state index contributed by atoms with van der Waals surface area (Å²) in [5.74, 6) is 1.33. The number of hydrogen-bond donors (Lipinski definition) is 2. The molecular formula is C16H19ClN2O4. The van der Waals surface area contributed by atoms with Crippen LogP contribution in [0.4, 0.5) is 5.69 Å². The maximum absolute atomic E-state index is 10.7. The zero-order valence-corrected chi connectivity index (χ0v) is 13.5. The van der Waals surface area contributed by atoms with Crippen LogP contribution in [0.25, 0.3) is 11.3 Å². The van der Waals surface area contributed by atoms with Crippen LogP contribution in [0.3, 0.4) is 0 Å². The SMILES string of the molecule is CC(CCCO)NCc1ccc(-c2ccc([N+](=O)[O-])cc2Cl)o1. The van der Waals surface area contributed by atoms with Gasteiger partial charge in [-0.05, 0) is 38.0 Å². The molecule has 2 rings (SSSR count). The van der Waals surface area contributed by atoms with Gasteiger partial charge < -0.3 is 14.8 Å². The van der Waals surface area contributed by atoms with Crippen molar-refractivity contribution in [2.75, 3.05) is 6.61 Å². The lowest BCUT2D eigenvalue weighted by molar-refractivity contribution is -0.384. The molecule has 0 saturated carbocycles. The van der Waals surface area contributed by atoms with E-state index in [2.05, 4.69) is 5.32 Å². The second-order valence-corrected chi connectivity index (χ2v) is 5.74. The number of aliphatic hydroxyl groups excluding tert-OH is 1. The Balaban J connectivity index is 2.03. The van der Waals surface area contributed by atoms with Crippen LogP contribution in [0.15, 0.2) is 34.7 Å². The molecular weight excluding hydrogens is 320 g/mol. The van der Waals surface area contributed by atoms with E-state index in [0.717, 1.165) is 18.6 Å². The molecule has 2 N–H and O–H groups in total. The van der Waals surface area contributed by atoms with Gasteiger partial charge in [0, 0.05) is 30.3 Å². The van der Waals surface area contributed by atoms with Gasteiger partial charge in [0.15, 0.2) is 0 Å². The number of nitrogens with zero attached hydrogens (tertiary/aromatic N) is 1. The summed E-state index contributed by atoms with van der Waals surface area (Å²) in [6, 6.07) is 8.22. The summed E-state index contributed by atoms with van der Waals surface area (Å²) < 4.78 is 5.74. The van der Waals surface area contributed by atoms with Crippen molar-refractivity contribution >= 4 is 17.3 Å². The molecule has 0 fully saturated rings. The van der Waals surface area contributed by atoms with Gasteiger partial charge >= 0.3 is 0 Å². The van der Waals surface area contributed by atoms with Gasteiger partial charge in [-0.2, -0.15) is 0 Å². The van der Waals surface area contributed by atoms with Gasteiger partial charge in [-0.1, -0.05) is 11.6 Å². The number of halogens is 1. The molecule has 0 bridgehead atoms. The van der Waals surface area contributed by atoms with E-state index in [1.807, 2.05) is 13.0 Å². The molecule has 7 heteroatoms. The molecule has 0 aliphatic carbocycles. The molecule has 6 nitrogen and oxygen atoms in total. The van der Waals surface area contributed by atoms with Gasteiger partial charge in [-0.3, -0.25) is 10.1 Å². The van der Waals surface area contributed by atoms with Crippen molar-refractivity contribution in [1.82, 2.24) is 5.32 Å². The largest absolute Gasteiger partial charge is 0.460 e. The average molecular weight is 339 g/mol. The highest BCUT2D eigenvalue weighted by atomic mass is 35.5. The lowest BCUT2D eigenvalue weighted by Crippen LogP contribution is -2.25. The van der Waals surface area contributed by atoms with Crippen molar-refractivity contribution in [2.24, 2.45) is 0 Å². The molecule has 1 aromatic heterocycles. The Bertz CT molecular complexity index is 672. The molecule has 0 radical (unpaired) electrons. The Morgan fingerprint density at radius 3 is 2.83 bits per heavy atom. The summed E-state index contributed by atoms with van der Waals surface area (Å²) >= 11 is 6.10. The van der Waals surface area contributed by atoms with Gasteiger partial charge in [0.2, 0.25) is 0 Å². The Morgan fingerprint density at radius 2 is 2.17 bits per heavy atom. The molecule has 1 aromatic carbocycles. The fourth-order valence-corrected chi connectivity index (χ4v) is 2.48. The fraction of sp³-hybridized carbons (Fsp3) is 0.375. The van der Waals surface area contributed by atoms with Gasteiger partial charge in [-0.25, -0.2) is 0 Å². The number of furan rings is 1. The molecule has 0 aliphatic heterocycles. The maximum Gasteiger partial charge on any atom is 0.270 e. The van der Waals surface area contributed by atoms with E-state index in [4.69, 9.17) is 21.1 Å². The van der Waals surface area contributed by atoms with E-state index in [1.54, 1.807) is 12.1 Å². The minimum atomic E-state index is -0.485. The van der Waals surface area contributed by atoms with E-state index in [-0.39, 0.29) is 23.4 Å². The first-order valence-electron chi connectivity index (χ1n) is 7.38. The minimum Gasteiger partial charge on any atom is -0.460 e. The third-order valence-corrected chi connectivity index (χ3v) is 3.82. The van der Waals surface area contributed by atoms with Crippen LogP contribution >= 0.6 is 11.6 Å². The number of hydrogen-bond acceptors (Lipinski definition) is 5. The first-order chi connectivity index (χ1) is 11.0. The van der Waals surface area contributed by atoms with Crippen LogP contribution in [0.1, 0.15) is 25.5 Å². The second-order valence-electron chi connectivity index (χ2n) is 5.34. The molecule has 1 heterocycles. The van der Waals surface area contributed by atoms with Crippen molar-refractivity contribution in [3.8, 4) is 11.3 Å². The highest BCUT2D eigenvalue weighted by Crippen LogP contribution is 2.32. The molecule has 1 unspecified atom stereocenters. The first-order valence-corrected chi connectivity index (χ1v) is 7.76. The zero-order chi connectivity index (χ0) is 16.8. The molecule has 0 saturated heterocycles. The molecule has 1 atom stereocenters. The minimum absolute atomic E-state index is 0.0510. The lowest BCUT2D eigenvalue weighted by atomic mass is 10.1. The van der Waals surface area contributed by atoms with Gasteiger partial charge in [0.25, 0.3) is 5.69 Å². The van der Waals surface area contributed by atoms with E-state index in [1.165, 1.54) is 12.1 Å². The summed E-state index contributed by atoms with van der Waals surface area (Å²) in [6.45, 7) is 2.81. The normalized spacial score (nSPS) is 12.3. The Hall–Kier alpha value is -1.89. The Morgan fingerprint density at radius 1 is 1.39 bits per heavy atom. The number of aliphatic hydroxyl groups is 1. The van der Waals surface area contributed by atoms with Gasteiger partial charge in [-0.15, -0.1) is 0 Å². The predicted octanol–water partition coefficient (Wildman–Crippen LogP) is 3.76. The van der Waals surface area contributed by atoms with Crippen molar-refractivity contribution in [2.45, 2.75) is 32.4 Å². The summed E-state index contributed by atoms with van der Waals surface area (Å²) in [4.78, 5) is 10.2. The molecule has 0 spiro atoms. The van der Waals surface area contributed by atoms with Gasteiger partial charge in [0.1, 0.15) is 11.5 Å². The molecule has 0 aliphatic rings. The van der Waals surface area contributed by atoms with Crippen molar-refractivity contribution < 1.29 is 14.4 Å². The van der Waals surface area contributed by atoms with E-state index >= 15 is 0 Å². The van der Waals surface area contributed by atoms with Crippen molar-refractivity contribution in [3.05, 3.63) is 51.2 Å². The van der Waals surface area contributed by atoms with Crippen LogP contribution in [0.2, 0.25) is 5.02 Å². The third kappa shape index (κ3) is 4.79. The average Bonchev–Trinajstić information content (AvgIpc) is 2.99. The standard InChI is InChI=1S/C16H19ClN2O4/c1-11(3-2-8-20)18-10-13-5-7-16(23-13)14-6-4-12(19(21)22)9-15(14)17/h4-7,9,11,18,20H,2-3,8,10H2,1H3. The van der Waals surface area contributed by atoms with E-state index in [9.17, 15) is 10.1 Å². The lowest BCUT2D eigenvalue weighted by Gasteiger charge is -2.11. The van der Waals surface area contributed by atoms with Crippen LogP contribution < -0.4 is 5.32 Å². The van der Waals surface area contributed by atoms with E-state index < -0.39 is 4.92 Å². The Labute approximate surface area is 139 Å². The van der Waals surface area contributed by atoms with Crippen molar-refractivity contribution in [3.63, 3.8) is 0 Å². The molecule has 0 amide bonds. The third-order valence-electron chi connectivity index (χ3n) is 3.51. The topological polar surface area (TPSA) is 88.5 Å². The summed E-state index contributed by atoms with van der Waals surface area (Å²) in [5, 5.41) is 23.1. The predicted molar refractivity (Wildman–Crippen MR) is 88.4 cm³/mol. The summed E-state index contributed by atoms with van der Waals surface area (Å²) in [6.07, 6.45) is 1.65. The fourth-order valence-electron chi connectivity index (χ4n) is 2.21. The quantitative estimate of drug-likeness (QED) is 0.565. The molecule has 124 valence electrons. The number of non-ortho nitro benzene ring substituents is 1.